The third-order valence-electron chi connectivity index (χ3n) is 4.37. The average molecular weight is 353 g/mol. The summed E-state index contributed by atoms with van der Waals surface area (Å²) in [5.41, 5.74) is 3.07. The Hall–Kier alpha value is -2.47. The number of nitrogens with zero attached hydrogens (tertiary/aromatic N) is 2. The third kappa shape index (κ3) is 3.22. The first kappa shape index (κ1) is 16.0. The van der Waals surface area contributed by atoms with Gasteiger partial charge in [-0.15, -0.1) is 0 Å². The molecule has 1 unspecified atom stereocenters. The predicted molar refractivity (Wildman–Crippen MR) is 98.9 cm³/mol. The minimum absolute atomic E-state index is 0.0125. The lowest BCUT2D eigenvalue weighted by Crippen LogP contribution is -2.33. The van der Waals surface area contributed by atoms with E-state index in [0.717, 1.165) is 33.9 Å². The van der Waals surface area contributed by atoms with Gasteiger partial charge in [-0.2, -0.15) is 0 Å². The van der Waals surface area contributed by atoms with Crippen LogP contribution in [0, 0.1) is 0 Å². The summed E-state index contributed by atoms with van der Waals surface area (Å²) in [4.78, 5) is 17.0. The summed E-state index contributed by atoms with van der Waals surface area (Å²) >= 11 is 1.46. The first-order valence-corrected chi connectivity index (χ1v) is 9.26. The highest BCUT2D eigenvalue weighted by atomic mass is 32.2. The van der Waals surface area contributed by atoms with Crippen LogP contribution in [-0.4, -0.2) is 27.8 Å². The lowest BCUT2D eigenvalue weighted by Gasteiger charge is -2.26. The number of benzene rings is 2. The number of amides is 1. The smallest absolute Gasteiger partial charge is 0.230 e. The topological polar surface area (TPSA) is 56.2 Å². The van der Waals surface area contributed by atoms with Crippen LogP contribution in [0.2, 0.25) is 0 Å². The Morgan fingerprint density at radius 3 is 2.96 bits per heavy atom. The molecule has 2 aromatic carbocycles. The summed E-state index contributed by atoms with van der Waals surface area (Å²) in [6.45, 7) is 0.625. The molecule has 25 heavy (non-hydrogen) atoms. The summed E-state index contributed by atoms with van der Waals surface area (Å²) in [7, 11) is 1.98. The van der Waals surface area contributed by atoms with Crippen molar-refractivity contribution in [3.8, 4) is 5.75 Å². The first-order valence-electron chi connectivity index (χ1n) is 8.28. The maximum atomic E-state index is 12.4. The molecule has 1 aliphatic heterocycles. The van der Waals surface area contributed by atoms with E-state index < -0.39 is 0 Å². The molecule has 3 aromatic rings. The van der Waals surface area contributed by atoms with Crippen LogP contribution in [0.5, 0.6) is 5.75 Å². The summed E-state index contributed by atoms with van der Waals surface area (Å²) in [5, 5.41) is 3.97. The van der Waals surface area contributed by atoms with Crippen LogP contribution in [0.4, 0.5) is 0 Å². The van der Waals surface area contributed by atoms with Crippen LogP contribution < -0.4 is 10.1 Å². The molecule has 5 nitrogen and oxygen atoms in total. The lowest BCUT2D eigenvalue weighted by atomic mass is 10.0. The molecule has 2 heterocycles. The number of fused-ring (bicyclic) bond motifs is 2. The van der Waals surface area contributed by atoms with Crippen molar-refractivity contribution in [1.82, 2.24) is 14.9 Å². The largest absolute Gasteiger partial charge is 0.493 e. The Kier molecular flexibility index (Phi) is 4.36. The number of aryl methyl sites for hydroxylation is 1. The zero-order valence-electron chi connectivity index (χ0n) is 13.9. The Morgan fingerprint density at radius 1 is 1.28 bits per heavy atom. The average Bonchev–Trinajstić information content (AvgIpc) is 2.97. The summed E-state index contributed by atoms with van der Waals surface area (Å²) in [6, 6.07) is 15.9. The molecule has 1 atom stereocenters. The Morgan fingerprint density at radius 2 is 2.08 bits per heavy atom. The molecule has 128 valence electrons. The maximum absolute atomic E-state index is 12.4. The van der Waals surface area contributed by atoms with E-state index in [1.165, 1.54) is 11.8 Å². The number of hydrogen-bond donors (Lipinski definition) is 1. The lowest BCUT2D eigenvalue weighted by molar-refractivity contribution is -0.119. The van der Waals surface area contributed by atoms with Gasteiger partial charge in [-0.05, 0) is 18.2 Å². The number of nitrogens with one attached hydrogen (secondary N) is 1. The van der Waals surface area contributed by atoms with Crippen LogP contribution in [0.1, 0.15) is 18.0 Å². The van der Waals surface area contributed by atoms with E-state index in [0.29, 0.717) is 12.4 Å². The van der Waals surface area contributed by atoms with Gasteiger partial charge in [0.25, 0.3) is 0 Å². The molecule has 0 fully saturated rings. The molecule has 6 heteroatoms. The van der Waals surface area contributed by atoms with Crippen molar-refractivity contribution in [2.75, 3.05) is 12.4 Å². The van der Waals surface area contributed by atoms with Gasteiger partial charge in [-0.3, -0.25) is 4.79 Å². The fourth-order valence-corrected chi connectivity index (χ4v) is 3.91. The zero-order valence-corrected chi connectivity index (χ0v) is 14.8. The minimum atomic E-state index is 0.0125. The van der Waals surface area contributed by atoms with Gasteiger partial charge in [0.1, 0.15) is 5.75 Å². The number of carbonyl (C=O) groups excluding carboxylic acids is 1. The van der Waals surface area contributed by atoms with E-state index in [4.69, 9.17) is 4.74 Å². The van der Waals surface area contributed by atoms with Gasteiger partial charge >= 0.3 is 0 Å². The van der Waals surface area contributed by atoms with E-state index >= 15 is 0 Å². The molecule has 1 aliphatic rings. The third-order valence-corrected chi connectivity index (χ3v) is 5.40. The molecule has 1 amide bonds. The van der Waals surface area contributed by atoms with Crippen LogP contribution in [0.25, 0.3) is 11.0 Å². The monoisotopic (exact) mass is 353 g/mol. The molecule has 1 N–H and O–H groups in total. The minimum Gasteiger partial charge on any atom is -0.493 e. The van der Waals surface area contributed by atoms with Crippen LogP contribution in [0.3, 0.4) is 0 Å². The number of imidazole rings is 1. The number of para-hydroxylation sites is 3. The van der Waals surface area contributed by atoms with Gasteiger partial charge in [0.2, 0.25) is 5.91 Å². The van der Waals surface area contributed by atoms with Crippen molar-refractivity contribution >= 4 is 28.7 Å². The number of ether oxygens (including phenoxy) is 1. The molecule has 1 aromatic heterocycles. The fourth-order valence-electron chi connectivity index (χ4n) is 3.11. The molecule has 0 saturated heterocycles. The van der Waals surface area contributed by atoms with Crippen LogP contribution in [-0.2, 0) is 11.8 Å². The molecular weight excluding hydrogens is 334 g/mol. The highest BCUT2D eigenvalue weighted by molar-refractivity contribution is 7.99. The number of thioether (sulfide) groups is 1. The number of carbonyl (C=O) groups is 1. The van der Waals surface area contributed by atoms with Gasteiger partial charge in [-0.1, -0.05) is 42.1 Å². The Balaban J connectivity index is 1.42. The second-order valence-corrected chi connectivity index (χ2v) is 6.97. The first-order chi connectivity index (χ1) is 12.2. The summed E-state index contributed by atoms with van der Waals surface area (Å²) in [5.74, 6) is 1.22. The van der Waals surface area contributed by atoms with E-state index in [1.54, 1.807) is 0 Å². The molecule has 0 radical (unpaired) electrons. The molecular formula is C19H19N3O2S. The van der Waals surface area contributed by atoms with Crippen molar-refractivity contribution in [3.05, 3.63) is 54.1 Å². The van der Waals surface area contributed by atoms with E-state index in [9.17, 15) is 4.79 Å². The molecule has 0 spiro atoms. The summed E-state index contributed by atoms with van der Waals surface area (Å²) < 4.78 is 7.67. The van der Waals surface area contributed by atoms with Crippen molar-refractivity contribution in [2.45, 2.75) is 17.6 Å². The van der Waals surface area contributed by atoms with Crippen molar-refractivity contribution in [2.24, 2.45) is 7.05 Å². The summed E-state index contributed by atoms with van der Waals surface area (Å²) in [6.07, 6.45) is 0.791. The van der Waals surface area contributed by atoms with E-state index in [2.05, 4.69) is 10.3 Å². The maximum Gasteiger partial charge on any atom is 0.230 e. The van der Waals surface area contributed by atoms with Gasteiger partial charge in [0.05, 0.1) is 29.4 Å². The van der Waals surface area contributed by atoms with Gasteiger partial charge in [0.15, 0.2) is 5.16 Å². The Labute approximate surface area is 150 Å². The van der Waals surface area contributed by atoms with Crippen molar-refractivity contribution in [3.63, 3.8) is 0 Å². The second-order valence-electron chi connectivity index (χ2n) is 6.03. The number of aromatic nitrogens is 2. The molecule has 0 aliphatic carbocycles. The predicted octanol–water partition coefficient (Wildman–Crippen LogP) is 3.31. The molecule has 0 bridgehead atoms. The van der Waals surface area contributed by atoms with Gasteiger partial charge in [0, 0.05) is 19.0 Å². The van der Waals surface area contributed by atoms with Crippen molar-refractivity contribution < 1.29 is 9.53 Å². The van der Waals surface area contributed by atoms with Gasteiger partial charge in [-0.25, -0.2) is 4.98 Å². The molecule has 0 saturated carbocycles. The number of rotatable bonds is 4. The fraction of sp³-hybridized carbons (Fsp3) is 0.263. The quantitative estimate of drug-likeness (QED) is 0.731. The molecule has 4 rings (SSSR count). The van der Waals surface area contributed by atoms with E-state index in [-0.39, 0.29) is 11.9 Å². The SMILES string of the molecule is Cn1c(SCC(=O)NC2CCOc3ccccc32)nc2ccccc21. The Bertz CT molecular complexity index is 922. The van der Waals surface area contributed by atoms with E-state index in [1.807, 2.05) is 60.1 Å². The number of hydrogen-bond acceptors (Lipinski definition) is 4. The van der Waals surface area contributed by atoms with Crippen LogP contribution >= 0.6 is 11.8 Å². The second kappa shape index (κ2) is 6.80. The van der Waals surface area contributed by atoms with Crippen LogP contribution in [0.15, 0.2) is 53.7 Å². The van der Waals surface area contributed by atoms with Gasteiger partial charge < -0.3 is 14.6 Å². The zero-order chi connectivity index (χ0) is 17.2. The standard InChI is InChI=1S/C19H19N3O2S/c1-22-16-8-4-3-7-15(16)21-19(22)25-12-18(23)20-14-10-11-24-17-9-5-2-6-13(14)17/h2-9,14H,10-12H2,1H3,(H,20,23). The highest BCUT2D eigenvalue weighted by Gasteiger charge is 2.22. The normalized spacial score (nSPS) is 16.3. The van der Waals surface area contributed by atoms with Crippen molar-refractivity contribution in [1.29, 1.82) is 0 Å². The highest BCUT2D eigenvalue weighted by Crippen LogP contribution is 2.31.